The number of nitrogens with one attached hydrogen (secondary N) is 2. The second-order valence-corrected chi connectivity index (χ2v) is 4.97. The van der Waals surface area contributed by atoms with Crippen LogP contribution >= 0.6 is 0 Å². The first-order chi connectivity index (χ1) is 11.8. The Balaban J connectivity index is 1.81. The highest BCUT2D eigenvalue weighted by Crippen LogP contribution is 2.08. The zero-order valence-electron chi connectivity index (χ0n) is 12.9. The number of hydrogen-bond acceptors (Lipinski definition) is 3. The number of anilines is 1. The van der Waals surface area contributed by atoms with Crippen LogP contribution < -0.4 is 10.7 Å². The van der Waals surface area contributed by atoms with Gasteiger partial charge >= 0.3 is 6.03 Å². The summed E-state index contributed by atoms with van der Waals surface area (Å²) < 4.78 is 0. The van der Waals surface area contributed by atoms with Crippen LogP contribution in [0.2, 0.25) is 0 Å². The van der Waals surface area contributed by atoms with Crippen molar-refractivity contribution in [2.24, 2.45) is 5.10 Å². The Morgan fingerprint density at radius 2 is 1.50 bits per heavy atom. The molecule has 1 aromatic heterocycles. The summed E-state index contributed by atoms with van der Waals surface area (Å²) in [7, 11) is 0. The molecule has 24 heavy (non-hydrogen) atoms. The number of hydrogen-bond donors (Lipinski definition) is 2. The summed E-state index contributed by atoms with van der Waals surface area (Å²) in [6.45, 7) is 0. The van der Waals surface area contributed by atoms with Crippen molar-refractivity contribution in [2.45, 2.75) is 0 Å². The fourth-order valence-corrected chi connectivity index (χ4v) is 2.16. The van der Waals surface area contributed by atoms with Crippen molar-refractivity contribution in [3.8, 4) is 0 Å². The molecule has 0 bridgehead atoms. The third kappa shape index (κ3) is 4.04. The van der Waals surface area contributed by atoms with E-state index in [2.05, 4.69) is 20.8 Å². The number of carbonyl (C=O) groups is 1. The molecule has 0 aliphatic heterocycles. The number of pyridine rings is 1. The Kier molecular flexibility index (Phi) is 4.94. The van der Waals surface area contributed by atoms with E-state index in [4.69, 9.17) is 0 Å². The lowest BCUT2D eigenvalue weighted by Gasteiger charge is -2.08. The number of hydrazone groups is 1. The zero-order chi connectivity index (χ0) is 16.6. The second-order valence-electron chi connectivity index (χ2n) is 4.97. The van der Waals surface area contributed by atoms with E-state index in [0.29, 0.717) is 17.1 Å². The van der Waals surface area contributed by atoms with Crippen LogP contribution in [0.3, 0.4) is 0 Å². The number of nitrogens with zero attached hydrogens (tertiary/aromatic N) is 2. The molecule has 0 unspecified atom stereocenters. The molecule has 0 saturated carbocycles. The first kappa shape index (κ1) is 15.4. The number of aromatic nitrogens is 1. The van der Waals surface area contributed by atoms with Crippen molar-refractivity contribution in [3.63, 3.8) is 0 Å². The summed E-state index contributed by atoms with van der Waals surface area (Å²) in [4.78, 5) is 16.3. The quantitative estimate of drug-likeness (QED) is 0.570. The number of amides is 2. The Morgan fingerprint density at radius 3 is 2.17 bits per heavy atom. The highest BCUT2D eigenvalue weighted by molar-refractivity contribution is 6.12. The molecule has 3 rings (SSSR count). The molecular weight excluding hydrogens is 300 g/mol. The first-order valence-electron chi connectivity index (χ1n) is 7.49. The minimum Gasteiger partial charge on any atom is -0.307 e. The maximum atomic E-state index is 12.0. The lowest BCUT2D eigenvalue weighted by Crippen LogP contribution is -2.26. The van der Waals surface area contributed by atoms with E-state index in [1.54, 1.807) is 18.3 Å². The van der Waals surface area contributed by atoms with Crippen molar-refractivity contribution in [1.82, 2.24) is 10.4 Å². The standard InChI is InChI=1S/C19H16N4O/c24-19(21-16-11-5-2-6-12-16)23-22-18(15-9-3-1-4-10-15)17-13-7-8-14-20-17/h1-14H,(H2,21,23,24)/b22-18-. The van der Waals surface area contributed by atoms with Crippen molar-refractivity contribution in [2.75, 3.05) is 5.32 Å². The highest BCUT2D eigenvalue weighted by atomic mass is 16.2. The average Bonchev–Trinajstić information content (AvgIpc) is 2.64. The second kappa shape index (κ2) is 7.69. The molecule has 2 aromatic carbocycles. The first-order valence-corrected chi connectivity index (χ1v) is 7.49. The van der Waals surface area contributed by atoms with Gasteiger partial charge in [0.15, 0.2) is 0 Å². The van der Waals surface area contributed by atoms with Crippen LogP contribution in [0.1, 0.15) is 11.3 Å². The van der Waals surface area contributed by atoms with Crippen LogP contribution in [-0.4, -0.2) is 16.7 Å². The van der Waals surface area contributed by atoms with E-state index in [0.717, 1.165) is 5.56 Å². The maximum Gasteiger partial charge on any atom is 0.339 e. The number of rotatable bonds is 4. The number of benzene rings is 2. The molecule has 0 atom stereocenters. The average molecular weight is 316 g/mol. The van der Waals surface area contributed by atoms with Gasteiger partial charge in [-0.15, -0.1) is 0 Å². The van der Waals surface area contributed by atoms with E-state index < -0.39 is 6.03 Å². The van der Waals surface area contributed by atoms with E-state index in [-0.39, 0.29) is 0 Å². The fraction of sp³-hybridized carbons (Fsp3) is 0. The van der Waals surface area contributed by atoms with Crippen molar-refractivity contribution in [1.29, 1.82) is 0 Å². The van der Waals surface area contributed by atoms with Gasteiger partial charge in [-0.2, -0.15) is 5.10 Å². The predicted molar refractivity (Wildman–Crippen MR) is 94.9 cm³/mol. The van der Waals surface area contributed by atoms with Gasteiger partial charge in [0.2, 0.25) is 0 Å². The molecule has 3 aromatic rings. The molecule has 0 radical (unpaired) electrons. The number of urea groups is 1. The van der Waals surface area contributed by atoms with E-state index in [9.17, 15) is 4.79 Å². The molecule has 5 nitrogen and oxygen atoms in total. The van der Waals surface area contributed by atoms with Crippen LogP contribution in [0.5, 0.6) is 0 Å². The van der Waals surface area contributed by atoms with Gasteiger partial charge in [-0.05, 0) is 24.3 Å². The zero-order valence-corrected chi connectivity index (χ0v) is 12.9. The van der Waals surface area contributed by atoms with E-state index in [1.165, 1.54) is 0 Å². The van der Waals surface area contributed by atoms with Crippen molar-refractivity contribution < 1.29 is 4.79 Å². The van der Waals surface area contributed by atoms with Crippen LogP contribution in [0, 0.1) is 0 Å². The molecule has 1 heterocycles. The van der Waals surface area contributed by atoms with Crippen LogP contribution in [0.15, 0.2) is 90.2 Å². The summed E-state index contributed by atoms with van der Waals surface area (Å²) in [6.07, 6.45) is 1.69. The lowest BCUT2D eigenvalue weighted by atomic mass is 10.1. The van der Waals surface area contributed by atoms with Gasteiger partial charge in [0.05, 0.1) is 5.69 Å². The third-order valence-corrected chi connectivity index (χ3v) is 3.26. The normalized spacial score (nSPS) is 10.9. The maximum absolute atomic E-state index is 12.0. The summed E-state index contributed by atoms with van der Waals surface area (Å²) in [6, 6.07) is 23.9. The Hall–Kier alpha value is -3.47. The molecule has 5 heteroatoms. The van der Waals surface area contributed by atoms with Gasteiger partial charge in [-0.3, -0.25) is 4.98 Å². The topological polar surface area (TPSA) is 66.4 Å². The largest absolute Gasteiger partial charge is 0.339 e. The SMILES string of the molecule is O=C(N/N=C(/c1ccccc1)c1ccccn1)Nc1ccccc1. The lowest BCUT2D eigenvalue weighted by molar-refractivity contribution is 0.252. The molecular formula is C19H16N4O. The van der Waals surface area contributed by atoms with E-state index in [1.807, 2.05) is 66.7 Å². The van der Waals surface area contributed by atoms with Gasteiger partial charge in [0.1, 0.15) is 5.71 Å². The summed E-state index contributed by atoms with van der Waals surface area (Å²) >= 11 is 0. The minimum atomic E-state index is -0.412. The molecule has 0 aliphatic rings. The van der Waals surface area contributed by atoms with Gasteiger partial charge in [-0.1, -0.05) is 54.6 Å². The van der Waals surface area contributed by atoms with Crippen molar-refractivity contribution >= 4 is 17.4 Å². The summed E-state index contributed by atoms with van der Waals surface area (Å²) in [5.41, 5.74) is 5.38. The Labute approximate surface area is 140 Å². The predicted octanol–water partition coefficient (Wildman–Crippen LogP) is 3.66. The Bertz CT molecular complexity index is 776. The van der Waals surface area contributed by atoms with E-state index >= 15 is 0 Å². The molecule has 0 fully saturated rings. The van der Waals surface area contributed by atoms with Crippen LogP contribution in [0.4, 0.5) is 10.5 Å². The highest BCUT2D eigenvalue weighted by Gasteiger charge is 2.09. The Morgan fingerprint density at radius 1 is 0.833 bits per heavy atom. The molecule has 0 aliphatic carbocycles. The van der Waals surface area contributed by atoms with Crippen molar-refractivity contribution in [3.05, 3.63) is 96.3 Å². The fourth-order valence-electron chi connectivity index (χ4n) is 2.16. The summed E-state index contributed by atoms with van der Waals surface area (Å²) in [5, 5.41) is 6.98. The number of para-hydroxylation sites is 1. The van der Waals surface area contributed by atoms with Gasteiger partial charge in [0, 0.05) is 17.4 Å². The van der Waals surface area contributed by atoms with Crippen LogP contribution in [0.25, 0.3) is 0 Å². The van der Waals surface area contributed by atoms with Gasteiger partial charge in [-0.25, -0.2) is 10.2 Å². The molecule has 0 saturated heterocycles. The smallest absolute Gasteiger partial charge is 0.307 e. The molecule has 0 spiro atoms. The molecule has 118 valence electrons. The third-order valence-electron chi connectivity index (χ3n) is 3.26. The van der Waals surface area contributed by atoms with Gasteiger partial charge in [0.25, 0.3) is 0 Å². The van der Waals surface area contributed by atoms with Gasteiger partial charge < -0.3 is 5.32 Å². The van der Waals surface area contributed by atoms with Crippen LogP contribution in [-0.2, 0) is 0 Å². The minimum absolute atomic E-state index is 0.412. The monoisotopic (exact) mass is 316 g/mol. The number of carbonyl (C=O) groups excluding carboxylic acids is 1. The molecule has 2 amide bonds. The molecule has 2 N–H and O–H groups in total. The summed E-state index contributed by atoms with van der Waals surface area (Å²) in [5.74, 6) is 0.